The van der Waals surface area contributed by atoms with Crippen LogP contribution in [0.1, 0.15) is 32.3 Å². The number of aryl methyl sites for hydroxylation is 1. The molecule has 1 rings (SSSR count). The molecular weight excluding hydrogens is 362 g/mol. The SMILES string of the molecule is CC(C)CC(Br)CCc1cccc([N+](=O)[O-])c1Br. The maximum Gasteiger partial charge on any atom is 0.283 e. The Hall–Kier alpha value is -0.420. The Morgan fingerprint density at radius 2 is 2.06 bits per heavy atom. The first kappa shape index (κ1) is 15.6. The van der Waals surface area contributed by atoms with Crippen molar-refractivity contribution in [3.63, 3.8) is 0 Å². The first-order chi connectivity index (χ1) is 8.41. The quantitative estimate of drug-likeness (QED) is 0.392. The number of nitro benzene ring substituents is 1. The third kappa shape index (κ3) is 4.69. The summed E-state index contributed by atoms with van der Waals surface area (Å²) in [5.74, 6) is 0.655. The molecule has 0 aliphatic rings. The number of hydrogen-bond acceptors (Lipinski definition) is 2. The second kappa shape index (κ2) is 7.24. The zero-order chi connectivity index (χ0) is 13.7. The highest BCUT2D eigenvalue weighted by Gasteiger charge is 2.15. The van der Waals surface area contributed by atoms with Gasteiger partial charge in [-0.05, 0) is 46.7 Å². The fourth-order valence-electron chi connectivity index (χ4n) is 1.84. The number of alkyl halides is 1. The van der Waals surface area contributed by atoms with Crippen LogP contribution in [0.25, 0.3) is 0 Å². The van der Waals surface area contributed by atoms with Crippen LogP contribution in [0.2, 0.25) is 0 Å². The molecule has 5 heteroatoms. The predicted octanol–water partition coefficient (Wildman–Crippen LogP) is 5.10. The lowest BCUT2D eigenvalue weighted by Crippen LogP contribution is -2.05. The maximum absolute atomic E-state index is 10.8. The summed E-state index contributed by atoms with van der Waals surface area (Å²) in [5.41, 5.74) is 1.14. The van der Waals surface area contributed by atoms with E-state index in [4.69, 9.17) is 0 Å². The zero-order valence-corrected chi connectivity index (χ0v) is 13.7. The van der Waals surface area contributed by atoms with Crippen LogP contribution in [-0.2, 0) is 6.42 Å². The van der Waals surface area contributed by atoms with Crippen molar-refractivity contribution in [2.45, 2.75) is 37.9 Å². The molecule has 18 heavy (non-hydrogen) atoms. The predicted molar refractivity (Wildman–Crippen MR) is 81.3 cm³/mol. The van der Waals surface area contributed by atoms with Crippen LogP contribution in [0.4, 0.5) is 5.69 Å². The van der Waals surface area contributed by atoms with Crippen molar-refractivity contribution in [2.75, 3.05) is 0 Å². The van der Waals surface area contributed by atoms with Gasteiger partial charge in [-0.3, -0.25) is 10.1 Å². The van der Waals surface area contributed by atoms with E-state index in [1.165, 1.54) is 6.07 Å². The van der Waals surface area contributed by atoms with Crippen LogP contribution in [-0.4, -0.2) is 9.75 Å². The van der Waals surface area contributed by atoms with Crippen molar-refractivity contribution in [2.24, 2.45) is 5.92 Å². The highest BCUT2D eigenvalue weighted by atomic mass is 79.9. The van der Waals surface area contributed by atoms with Gasteiger partial charge in [0.25, 0.3) is 5.69 Å². The standard InChI is InChI=1S/C13H17Br2NO2/c1-9(2)8-11(14)7-6-10-4-3-5-12(13(10)15)16(17)18/h3-5,9,11H,6-8H2,1-2H3. The van der Waals surface area contributed by atoms with Gasteiger partial charge >= 0.3 is 0 Å². The average molecular weight is 379 g/mol. The molecule has 0 heterocycles. The van der Waals surface area contributed by atoms with E-state index in [-0.39, 0.29) is 10.6 Å². The lowest BCUT2D eigenvalue weighted by atomic mass is 10.0. The Morgan fingerprint density at radius 1 is 1.39 bits per heavy atom. The Kier molecular flexibility index (Phi) is 6.29. The van der Waals surface area contributed by atoms with Crippen molar-refractivity contribution >= 4 is 37.5 Å². The number of halogens is 2. The van der Waals surface area contributed by atoms with Crippen LogP contribution in [0, 0.1) is 16.0 Å². The largest absolute Gasteiger partial charge is 0.283 e. The molecule has 1 atom stereocenters. The molecule has 0 aliphatic carbocycles. The fraction of sp³-hybridized carbons (Fsp3) is 0.538. The smallest absolute Gasteiger partial charge is 0.258 e. The van der Waals surface area contributed by atoms with Gasteiger partial charge in [0.1, 0.15) is 0 Å². The van der Waals surface area contributed by atoms with E-state index in [9.17, 15) is 10.1 Å². The van der Waals surface area contributed by atoms with Crippen LogP contribution in [0.15, 0.2) is 22.7 Å². The van der Waals surface area contributed by atoms with Crippen molar-refractivity contribution < 1.29 is 4.92 Å². The van der Waals surface area contributed by atoms with E-state index < -0.39 is 0 Å². The molecule has 1 unspecified atom stereocenters. The zero-order valence-electron chi connectivity index (χ0n) is 10.5. The number of benzene rings is 1. The Balaban J connectivity index is 2.68. The van der Waals surface area contributed by atoms with Crippen molar-refractivity contribution in [3.8, 4) is 0 Å². The van der Waals surface area contributed by atoms with Gasteiger partial charge in [0.2, 0.25) is 0 Å². The first-order valence-corrected chi connectivity index (χ1v) is 7.68. The van der Waals surface area contributed by atoms with E-state index in [0.29, 0.717) is 15.2 Å². The van der Waals surface area contributed by atoms with E-state index in [2.05, 4.69) is 45.7 Å². The van der Waals surface area contributed by atoms with Gasteiger partial charge in [0, 0.05) is 10.9 Å². The van der Waals surface area contributed by atoms with Crippen molar-refractivity contribution in [1.29, 1.82) is 0 Å². The summed E-state index contributed by atoms with van der Waals surface area (Å²) >= 11 is 6.98. The molecule has 0 N–H and O–H groups in total. The molecule has 100 valence electrons. The highest BCUT2D eigenvalue weighted by molar-refractivity contribution is 9.10. The molecule has 0 bridgehead atoms. The third-order valence-corrected chi connectivity index (χ3v) is 4.46. The van der Waals surface area contributed by atoms with Gasteiger partial charge in [0.05, 0.1) is 9.40 Å². The minimum absolute atomic E-state index is 0.141. The van der Waals surface area contributed by atoms with Gasteiger partial charge in [-0.1, -0.05) is 41.9 Å². The molecule has 0 fully saturated rings. The summed E-state index contributed by atoms with van der Waals surface area (Å²) in [6.07, 6.45) is 2.94. The molecule has 0 radical (unpaired) electrons. The van der Waals surface area contributed by atoms with Gasteiger partial charge in [-0.15, -0.1) is 0 Å². The third-order valence-electron chi connectivity index (χ3n) is 2.71. The van der Waals surface area contributed by atoms with Crippen LogP contribution in [0.3, 0.4) is 0 Å². The molecule has 0 aliphatic heterocycles. The molecule has 0 aromatic heterocycles. The fourth-order valence-corrected chi connectivity index (χ4v) is 3.43. The summed E-state index contributed by atoms with van der Waals surface area (Å²) in [4.78, 5) is 10.9. The van der Waals surface area contributed by atoms with Crippen molar-refractivity contribution in [3.05, 3.63) is 38.3 Å². The van der Waals surface area contributed by atoms with Gasteiger partial charge in [-0.2, -0.15) is 0 Å². The minimum Gasteiger partial charge on any atom is -0.258 e. The van der Waals surface area contributed by atoms with E-state index >= 15 is 0 Å². The number of hydrogen-bond donors (Lipinski definition) is 0. The minimum atomic E-state index is -0.354. The molecule has 0 amide bonds. The average Bonchev–Trinajstić information content (AvgIpc) is 2.26. The van der Waals surface area contributed by atoms with Crippen LogP contribution in [0.5, 0.6) is 0 Å². The van der Waals surface area contributed by atoms with Gasteiger partial charge in [-0.25, -0.2) is 0 Å². The van der Waals surface area contributed by atoms with Crippen molar-refractivity contribution in [1.82, 2.24) is 0 Å². The molecular formula is C13H17Br2NO2. The lowest BCUT2D eigenvalue weighted by molar-refractivity contribution is -0.385. The molecule has 0 saturated heterocycles. The Labute approximate surface area is 124 Å². The summed E-state index contributed by atoms with van der Waals surface area (Å²) in [5, 5.41) is 10.8. The van der Waals surface area contributed by atoms with E-state index in [1.807, 2.05) is 6.07 Å². The summed E-state index contributed by atoms with van der Waals surface area (Å²) in [7, 11) is 0. The Bertz CT molecular complexity index is 421. The second-order valence-electron chi connectivity index (χ2n) is 4.77. The summed E-state index contributed by atoms with van der Waals surface area (Å²) in [6.45, 7) is 4.38. The van der Waals surface area contributed by atoms with Crippen LogP contribution < -0.4 is 0 Å². The first-order valence-electron chi connectivity index (χ1n) is 5.97. The molecule has 1 aromatic rings. The second-order valence-corrected chi connectivity index (χ2v) is 6.86. The highest BCUT2D eigenvalue weighted by Crippen LogP contribution is 2.30. The maximum atomic E-state index is 10.8. The monoisotopic (exact) mass is 377 g/mol. The summed E-state index contributed by atoms with van der Waals surface area (Å²) < 4.78 is 0.610. The molecule has 0 saturated carbocycles. The van der Waals surface area contributed by atoms with E-state index in [0.717, 1.165) is 24.8 Å². The number of rotatable bonds is 6. The summed E-state index contributed by atoms with van der Waals surface area (Å²) in [6, 6.07) is 5.20. The van der Waals surface area contributed by atoms with Gasteiger partial charge < -0.3 is 0 Å². The lowest BCUT2D eigenvalue weighted by Gasteiger charge is -2.12. The molecule has 3 nitrogen and oxygen atoms in total. The number of nitro groups is 1. The number of nitrogens with zero attached hydrogens (tertiary/aromatic N) is 1. The molecule has 0 spiro atoms. The van der Waals surface area contributed by atoms with Gasteiger partial charge in [0.15, 0.2) is 0 Å². The molecule has 1 aromatic carbocycles. The topological polar surface area (TPSA) is 43.1 Å². The normalized spacial score (nSPS) is 12.7. The van der Waals surface area contributed by atoms with Crippen LogP contribution >= 0.6 is 31.9 Å². The Morgan fingerprint density at radius 3 is 2.61 bits per heavy atom. The van der Waals surface area contributed by atoms with E-state index in [1.54, 1.807) is 6.07 Å².